The van der Waals surface area contributed by atoms with E-state index in [1.54, 1.807) is 48.5 Å². The summed E-state index contributed by atoms with van der Waals surface area (Å²) >= 11 is 12.9. The average Bonchev–Trinajstić information content (AvgIpc) is 2.84. The van der Waals surface area contributed by atoms with Crippen LogP contribution in [0.25, 0.3) is 6.08 Å². The smallest absolute Gasteiger partial charge is 0.298 e. The molecule has 0 N–H and O–H groups in total. The van der Waals surface area contributed by atoms with Crippen molar-refractivity contribution >= 4 is 57.9 Å². The number of imide groups is 1. The molecule has 2 aromatic rings. The molecule has 0 radical (unpaired) electrons. The Kier molecular flexibility index (Phi) is 5.37. The van der Waals surface area contributed by atoms with E-state index in [1.807, 2.05) is 6.92 Å². The van der Waals surface area contributed by atoms with Crippen molar-refractivity contribution in [3.8, 4) is 5.75 Å². The van der Waals surface area contributed by atoms with Gasteiger partial charge in [-0.2, -0.15) is 0 Å². The number of thioether (sulfide) groups is 1. The molecule has 4 nitrogen and oxygen atoms in total. The lowest BCUT2D eigenvalue weighted by atomic mass is 10.1. The van der Waals surface area contributed by atoms with Gasteiger partial charge < -0.3 is 4.74 Å². The molecule has 1 aliphatic rings. The van der Waals surface area contributed by atoms with E-state index in [0.29, 0.717) is 38.6 Å². The second kappa shape index (κ2) is 7.52. The van der Waals surface area contributed by atoms with Crippen molar-refractivity contribution in [2.45, 2.75) is 6.92 Å². The maximum Gasteiger partial charge on any atom is 0.298 e. The molecular formula is C18H13Cl2NO3S. The third-order valence-corrected chi connectivity index (χ3v) is 4.76. The Morgan fingerprint density at radius 3 is 2.60 bits per heavy atom. The van der Waals surface area contributed by atoms with Gasteiger partial charge >= 0.3 is 0 Å². The van der Waals surface area contributed by atoms with Crippen molar-refractivity contribution in [1.82, 2.24) is 0 Å². The molecule has 0 atom stereocenters. The first kappa shape index (κ1) is 17.9. The van der Waals surface area contributed by atoms with Crippen molar-refractivity contribution in [3.05, 3.63) is 63.0 Å². The van der Waals surface area contributed by atoms with Gasteiger partial charge in [-0.05, 0) is 61.2 Å². The summed E-state index contributed by atoms with van der Waals surface area (Å²) in [4.78, 5) is 26.4. The second-order valence-corrected chi connectivity index (χ2v) is 6.98. The van der Waals surface area contributed by atoms with Gasteiger partial charge in [-0.15, -0.1) is 0 Å². The molecule has 0 saturated carbocycles. The van der Waals surface area contributed by atoms with Crippen LogP contribution in [0.4, 0.5) is 10.5 Å². The summed E-state index contributed by atoms with van der Waals surface area (Å²) in [6.07, 6.45) is 1.62. The van der Waals surface area contributed by atoms with E-state index >= 15 is 0 Å². The van der Waals surface area contributed by atoms with Crippen LogP contribution in [-0.4, -0.2) is 17.8 Å². The van der Waals surface area contributed by atoms with E-state index < -0.39 is 5.91 Å². The maximum absolute atomic E-state index is 12.7. The molecule has 7 heteroatoms. The molecule has 2 amide bonds. The second-order valence-electron chi connectivity index (χ2n) is 5.11. The van der Waals surface area contributed by atoms with Gasteiger partial charge in [0.15, 0.2) is 0 Å². The number of nitrogens with zero attached hydrogens (tertiary/aromatic N) is 1. The minimum absolute atomic E-state index is 0.299. The van der Waals surface area contributed by atoms with Gasteiger partial charge in [0.25, 0.3) is 11.1 Å². The van der Waals surface area contributed by atoms with Crippen LogP contribution in [0.2, 0.25) is 10.0 Å². The van der Waals surface area contributed by atoms with Crippen molar-refractivity contribution in [3.63, 3.8) is 0 Å². The summed E-state index contributed by atoms with van der Waals surface area (Å²) < 4.78 is 5.55. The van der Waals surface area contributed by atoms with Gasteiger partial charge in [0.05, 0.1) is 17.2 Å². The lowest BCUT2D eigenvalue weighted by Gasteiger charge is -2.12. The Balaban J connectivity index is 1.97. The fourth-order valence-electron chi connectivity index (χ4n) is 2.37. The first-order valence-corrected chi connectivity index (χ1v) is 9.02. The number of benzene rings is 2. The molecule has 2 aromatic carbocycles. The highest BCUT2D eigenvalue weighted by molar-refractivity contribution is 8.19. The van der Waals surface area contributed by atoms with E-state index in [9.17, 15) is 9.59 Å². The van der Waals surface area contributed by atoms with E-state index in [2.05, 4.69) is 0 Å². The molecule has 3 rings (SSSR count). The van der Waals surface area contributed by atoms with Gasteiger partial charge in [0.1, 0.15) is 5.75 Å². The fourth-order valence-corrected chi connectivity index (χ4v) is 3.56. The Morgan fingerprint density at radius 1 is 1.12 bits per heavy atom. The first-order valence-electron chi connectivity index (χ1n) is 7.45. The molecular weight excluding hydrogens is 381 g/mol. The predicted molar refractivity (Wildman–Crippen MR) is 103 cm³/mol. The highest BCUT2D eigenvalue weighted by Gasteiger charge is 2.36. The van der Waals surface area contributed by atoms with Crippen molar-refractivity contribution in [2.24, 2.45) is 0 Å². The predicted octanol–water partition coefficient (Wildman–Crippen LogP) is 5.63. The molecule has 0 unspecified atom stereocenters. The number of amides is 2. The van der Waals surface area contributed by atoms with Gasteiger partial charge in [-0.25, -0.2) is 4.90 Å². The fraction of sp³-hybridized carbons (Fsp3) is 0.111. The Labute approximate surface area is 159 Å². The molecule has 0 aromatic heterocycles. The molecule has 1 saturated heterocycles. The molecule has 0 spiro atoms. The SMILES string of the molecule is CCOc1ccc(Cl)cc1/C=C1\SC(=O)N(c2cccc(Cl)c2)C1=O. The lowest BCUT2D eigenvalue weighted by molar-refractivity contribution is -0.113. The van der Waals surface area contributed by atoms with E-state index in [4.69, 9.17) is 27.9 Å². The summed E-state index contributed by atoms with van der Waals surface area (Å²) in [5.41, 5.74) is 1.08. The van der Waals surface area contributed by atoms with Crippen LogP contribution in [-0.2, 0) is 4.79 Å². The topological polar surface area (TPSA) is 46.6 Å². The third-order valence-electron chi connectivity index (χ3n) is 3.42. The number of carbonyl (C=O) groups excluding carboxylic acids is 2. The third kappa shape index (κ3) is 3.84. The number of rotatable bonds is 4. The molecule has 128 valence electrons. The van der Waals surface area contributed by atoms with E-state index in [0.717, 1.165) is 16.7 Å². The Morgan fingerprint density at radius 2 is 1.88 bits per heavy atom. The highest BCUT2D eigenvalue weighted by Crippen LogP contribution is 2.37. The van der Waals surface area contributed by atoms with Crippen molar-refractivity contribution in [1.29, 1.82) is 0 Å². The summed E-state index contributed by atoms with van der Waals surface area (Å²) in [7, 11) is 0. The van der Waals surface area contributed by atoms with Gasteiger partial charge in [-0.1, -0.05) is 29.3 Å². The number of anilines is 1. The zero-order valence-corrected chi connectivity index (χ0v) is 15.5. The summed E-state index contributed by atoms with van der Waals surface area (Å²) in [5, 5.41) is 0.594. The standard InChI is InChI=1S/C18H13Cl2NO3S/c1-2-24-15-7-6-13(20)8-11(15)9-16-17(22)21(18(23)25-16)14-5-3-4-12(19)10-14/h3-10H,2H2,1H3/b16-9-. The van der Waals surface area contributed by atoms with Gasteiger partial charge in [-0.3, -0.25) is 9.59 Å². The zero-order chi connectivity index (χ0) is 18.0. The number of hydrogen-bond donors (Lipinski definition) is 0. The lowest BCUT2D eigenvalue weighted by Crippen LogP contribution is -2.27. The molecule has 1 fully saturated rings. The van der Waals surface area contributed by atoms with Gasteiger partial charge in [0.2, 0.25) is 0 Å². The van der Waals surface area contributed by atoms with Crippen LogP contribution >= 0.6 is 35.0 Å². The quantitative estimate of drug-likeness (QED) is 0.631. The first-order chi connectivity index (χ1) is 12.0. The maximum atomic E-state index is 12.7. The van der Waals surface area contributed by atoms with Crippen molar-refractivity contribution < 1.29 is 14.3 Å². The highest BCUT2D eigenvalue weighted by atomic mass is 35.5. The zero-order valence-electron chi connectivity index (χ0n) is 13.2. The van der Waals surface area contributed by atoms with Crippen LogP contribution in [0.1, 0.15) is 12.5 Å². The summed E-state index contributed by atoms with van der Waals surface area (Å²) in [5.74, 6) is 0.196. The average molecular weight is 394 g/mol. The number of carbonyl (C=O) groups is 2. The van der Waals surface area contributed by atoms with Crippen LogP contribution in [0, 0.1) is 0 Å². The minimum Gasteiger partial charge on any atom is -0.493 e. The number of halogens is 2. The van der Waals surface area contributed by atoms with E-state index in [-0.39, 0.29) is 5.24 Å². The largest absolute Gasteiger partial charge is 0.493 e. The van der Waals surface area contributed by atoms with Crippen LogP contribution in [0.5, 0.6) is 5.75 Å². The molecule has 1 heterocycles. The van der Waals surface area contributed by atoms with Crippen LogP contribution < -0.4 is 9.64 Å². The molecule has 25 heavy (non-hydrogen) atoms. The van der Waals surface area contributed by atoms with Gasteiger partial charge in [0, 0.05) is 15.6 Å². The molecule has 0 aliphatic carbocycles. The van der Waals surface area contributed by atoms with Crippen LogP contribution in [0.3, 0.4) is 0 Å². The van der Waals surface area contributed by atoms with Crippen LogP contribution in [0.15, 0.2) is 47.4 Å². The summed E-state index contributed by atoms with van der Waals surface area (Å²) in [6, 6.07) is 11.7. The number of hydrogen-bond acceptors (Lipinski definition) is 4. The minimum atomic E-state index is -0.403. The number of ether oxygens (including phenoxy) is 1. The molecule has 0 bridgehead atoms. The molecule has 1 aliphatic heterocycles. The normalized spacial score (nSPS) is 16.0. The van der Waals surface area contributed by atoms with Crippen molar-refractivity contribution in [2.75, 3.05) is 11.5 Å². The Hall–Kier alpha value is -1.95. The van der Waals surface area contributed by atoms with E-state index in [1.165, 1.54) is 0 Å². The summed E-state index contributed by atoms with van der Waals surface area (Å²) in [6.45, 7) is 2.35. The Bertz CT molecular complexity index is 882. The monoisotopic (exact) mass is 393 g/mol.